The number of rotatable bonds is 6. The fourth-order valence-corrected chi connectivity index (χ4v) is 3.09. The molecule has 0 saturated heterocycles. The zero-order valence-corrected chi connectivity index (χ0v) is 11.6. The van der Waals surface area contributed by atoms with Crippen LogP contribution in [-0.4, -0.2) is 5.78 Å². The van der Waals surface area contributed by atoms with Crippen molar-refractivity contribution in [3.05, 3.63) is 21.4 Å². The van der Waals surface area contributed by atoms with Gasteiger partial charge in [-0.05, 0) is 38.3 Å². The van der Waals surface area contributed by atoms with E-state index in [1.807, 2.05) is 6.92 Å². The van der Waals surface area contributed by atoms with Crippen LogP contribution in [-0.2, 0) is 0 Å². The lowest BCUT2D eigenvalue weighted by Gasteiger charge is -2.12. The second-order valence-corrected chi connectivity index (χ2v) is 5.74. The molecule has 1 aromatic rings. The Hall–Kier alpha value is -0.630. The first-order valence-electron chi connectivity index (χ1n) is 6.21. The molecule has 1 heterocycles. The molecule has 1 nitrogen and oxygen atoms in total. The molecule has 1 rings (SSSR count). The van der Waals surface area contributed by atoms with E-state index >= 15 is 0 Å². The van der Waals surface area contributed by atoms with Gasteiger partial charge in [-0.3, -0.25) is 4.79 Å². The Morgan fingerprint density at radius 1 is 1.38 bits per heavy atom. The van der Waals surface area contributed by atoms with Crippen LogP contribution in [0.1, 0.15) is 59.6 Å². The van der Waals surface area contributed by atoms with E-state index in [1.165, 1.54) is 11.3 Å². The lowest BCUT2D eigenvalue weighted by Crippen LogP contribution is -2.13. The zero-order chi connectivity index (χ0) is 12.1. The van der Waals surface area contributed by atoms with Crippen LogP contribution < -0.4 is 0 Å². The molecule has 0 radical (unpaired) electrons. The minimum atomic E-state index is 0.233. The van der Waals surface area contributed by atoms with Crippen molar-refractivity contribution in [2.75, 3.05) is 0 Å². The molecule has 0 aliphatic carbocycles. The van der Waals surface area contributed by atoms with Gasteiger partial charge in [-0.1, -0.05) is 26.7 Å². The molecule has 0 bridgehead atoms. The molecule has 1 atom stereocenters. The van der Waals surface area contributed by atoms with Crippen molar-refractivity contribution >= 4 is 17.1 Å². The fourth-order valence-electron chi connectivity index (χ4n) is 2.04. The molecule has 1 aromatic heterocycles. The second-order valence-electron chi connectivity index (χ2n) is 4.48. The maximum Gasteiger partial charge on any atom is 0.176 e. The summed E-state index contributed by atoms with van der Waals surface area (Å²) in [4.78, 5) is 14.6. The van der Waals surface area contributed by atoms with E-state index in [1.54, 1.807) is 11.3 Å². The van der Waals surface area contributed by atoms with E-state index in [0.717, 1.165) is 29.7 Å². The maximum atomic E-state index is 12.3. The van der Waals surface area contributed by atoms with Crippen LogP contribution in [0.4, 0.5) is 0 Å². The summed E-state index contributed by atoms with van der Waals surface area (Å²) in [5, 5.41) is 0. The molecule has 0 aliphatic rings. The first kappa shape index (κ1) is 13.4. The van der Waals surface area contributed by atoms with Crippen LogP contribution in [0.15, 0.2) is 6.07 Å². The number of hydrogen-bond acceptors (Lipinski definition) is 2. The minimum absolute atomic E-state index is 0.233. The number of carbonyl (C=O) groups is 1. The van der Waals surface area contributed by atoms with Crippen molar-refractivity contribution in [3.8, 4) is 0 Å². The highest BCUT2D eigenvalue weighted by Crippen LogP contribution is 2.27. The Kier molecular flexibility index (Phi) is 5.20. The summed E-state index contributed by atoms with van der Waals surface area (Å²) in [6.07, 6.45) is 4.34. The van der Waals surface area contributed by atoms with E-state index in [0.29, 0.717) is 5.78 Å². The van der Waals surface area contributed by atoms with E-state index in [-0.39, 0.29) is 5.92 Å². The Bertz CT molecular complexity index is 352. The minimum Gasteiger partial charge on any atom is -0.293 e. The van der Waals surface area contributed by atoms with Gasteiger partial charge in [0.2, 0.25) is 0 Å². The lowest BCUT2D eigenvalue weighted by atomic mass is 9.93. The summed E-state index contributed by atoms with van der Waals surface area (Å²) in [7, 11) is 0. The highest BCUT2D eigenvalue weighted by atomic mass is 32.1. The van der Waals surface area contributed by atoms with E-state index in [2.05, 4.69) is 26.8 Å². The third kappa shape index (κ3) is 3.18. The molecular weight excluding hydrogens is 216 g/mol. The van der Waals surface area contributed by atoms with E-state index < -0.39 is 0 Å². The van der Waals surface area contributed by atoms with E-state index in [4.69, 9.17) is 0 Å². The summed E-state index contributed by atoms with van der Waals surface area (Å²) >= 11 is 1.65. The third-order valence-corrected chi connectivity index (χ3v) is 4.20. The molecule has 1 unspecified atom stereocenters. The van der Waals surface area contributed by atoms with Crippen molar-refractivity contribution in [2.24, 2.45) is 5.92 Å². The number of aryl methyl sites for hydroxylation is 2. The van der Waals surface area contributed by atoms with Gasteiger partial charge in [-0.2, -0.15) is 0 Å². The van der Waals surface area contributed by atoms with Gasteiger partial charge in [0, 0.05) is 10.8 Å². The van der Waals surface area contributed by atoms with Gasteiger partial charge >= 0.3 is 0 Å². The van der Waals surface area contributed by atoms with Crippen molar-refractivity contribution < 1.29 is 4.79 Å². The summed E-state index contributed by atoms with van der Waals surface area (Å²) in [5.41, 5.74) is 1.16. The summed E-state index contributed by atoms with van der Waals surface area (Å²) < 4.78 is 0. The van der Waals surface area contributed by atoms with Gasteiger partial charge in [0.25, 0.3) is 0 Å². The largest absolute Gasteiger partial charge is 0.293 e. The number of thiophene rings is 1. The average Bonchev–Trinajstić information content (AvgIpc) is 2.58. The Labute approximate surface area is 103 Å². The molecule has 90 valence electrons. The van der Waals surface area contributed by atoms with Crippen LogP contribution in [0.5, 0.6) is 0 Å². The van der Waals surface area contributed by atoms with Gasteiger partial charge in [0.05, 0.1) is 4.88 Å². The number of hydrogen-bond donors (Lipinski definition) is 0. The maximum absolute atomic E-state index is 12.3. The smallest absolute Gasteiger partial charge is 0.176 e. The van der Waals surface area contributed by atoms with Crippen LogP contribution in [0.2, 0.25) is 0 Å². The Morgan fingerprint density at radius 3 is 2.50 bits per heavy atom. The Balaban J connectivity index is 2.78. The first-order chi connectivity index (χ1) is 7.60. The number of carbonyl (C=O) groups excluding carboxylic acids is 1. The standard InChI is InChI=1S/C14H22OS/c1-5-7-8-12(6-2)13(15)14-10(3)9-11(4)16-14/h9,12H,5-8H2,1-4H3. The van der Waals surface area contributed by atoms with Gasteiger partial charge in [0.1, 0.15) is 0 Å². The molecule has 0 spiro atoms. The van der Waals surface area contributed by atoms with Gasteiger partial charge in [-0.25, -0.2) is 0 Å². The third-order valence-electron chi connectivity index (χ3n) is 3.03. The SMILES string of the molecule is CCCCC(CC)C(=O)c1sc(C)cc1C. The molecule has 0 amide bonds. The molecule has 0 saturated carbocycles. The molecule has 0 aromatic carbocycles. The Morgan fingerprint density at radius 2 is 2.06 bits per heavy atom. The highest BCUT2D eigenvalue weighted by Gasteiger charge is 2.20. The highest BCUT2D eigenvalue weighted by molar-refractivity contribution is 7.14. The topological polar surface area (TPSA) is 17.1 Å². The second kappa shape index (κ2) is 6.19. The fraction of sp³-hybridized carbons (Fsp3) is 0.643. The van der Waals surface area contributed by atoms with Crippen LogP contribution >= 0.6 is 11.3 Å². The first-order valence-corrected chi connectivity index (χ1v) is 7.03. The van der Waals surface area contributed by atoms with Crippen molar-refractivity contribution in [2.45, 2.75) is 53.4 Å². The van der Waals surface area contributed by atoms with Crippen LogP contribution in [0.3, 0.4) is 0 Å². The average molecular weight is 238 g/mol. The predicted octanol–water partition coefficient (Wildman–Crippen LogP) is 4.76. The van der Waals surface area contributed by atoms with Crippen LogP contribution in [0, 0.1) is 19.8 Å². The molecule has 16 heavy (non-hydrogen) atoms. The van der Waals surface area contributed by atoms with Gasteiger partial charge in [-0.15, -0.1) is 11.3 Å². The van der Waals surface area contributed by atoms with Crippen molar-refractivity contribution in [1.29, 1.82) is 0 Å². The molecule has 0 fully saturated rings. The number of unbranched alkanes of at least 4 members (excludes halogenated alkanes) is 1. The van der Waals surface area contributed by atoms with Crippen molar-refractivity contribution in [3.63, 3.8) is 0 Å². The predicted molar refractivity (Wildman–Crippen MR) is 71.4 cm³/mol. The van der Waals surface area contributed by atoms with Crippen LogP contribution in [0.25, 0.3) is 0 Å². The molecule has 0 N–H and O–H groups in total. The molecule has 2 heteroatoms. The number of Topliss-reactive ketones (excluding diaryl/α,β-unsaturated/α-hetero) is 1. The van der Waals surface area contributed by atoms with Crippen molar-refractivity contribution in [1.82, 2.24) is 0 Å². The number of ketones is 1. The van der Waals surface area contributed by atoms with Gasteiger partial charge < -0.3 is 0 Å². The lowest BCUT2D eigenvalue weighted by molar-refractivity contribution is 0.0912. The zero-order valence-electron chi connectivity index (χ0n) is 10.8. The summed E-state index contributed by atoms with van der Waals surface area (Å²) in [6, 6.07) is 2.12. The normalized spacial score (nSPS) is 12.8. The summed E-state index contributed by atoms with van der Waals surface area (Å²) in [6.45, 7) is 8.41. The summed E-state index contributed by atoms with van der Waals surface area (Å²) in [5.74, 6) is 0.600. The molecular formula is C14H22OS. The monoisotopic (exact) mass is 238 g/mol. The van der Waals surface area contributed by atoms with Gasteiger partial charge in [0.15, 0.2) is 5.78 Å². The quantitative estimate of drug-likeness (QED) is 0.653. The molecule has 0 aliphatic heterocycles. The van der Waals surface area contributed by atoms with E-state index in [9.17, 15) is 4.79 Å².